The molecule has 0 aliphatic rings. The molecule has 2 nitrogen and oxygen atoms in total. The largest absolute Gasteiger partial charge is 0.347 e. The van der Waals surface area contributed by atoms with Gasteiger partial charge in [-0.15, -0.1) is 11.3 Å². The molecule has 0 spiro atoms. The van der Waals surface area contributed by atoms with Crippen molar-refractivity contribution in [2.24, 2.45) is 0 Å². The van der Waals surface area contributed by atoms with Crippen LogP contribution in [0.4, 0.5) is 0 Å². The Labute approximate surface area is 124 Å². The maximum absolute atomic E-state index is 3.24. The van der Waals surface area contributed by atoms with Gasteiger partial charge in [0.2, 0.25) is 0 Å². The van der Waals surface area contributed by atoms with E-state index in [1.54, 1.807) is 0 Å². The Hall–Kier alpha value is -1.58. The lowest BCUT2D eigenvalue weighted by molar-refractivity contribution is 0.722. The number of aromatic nitrogens is 1. The number of fused-ring (bicyclic) bond motifs is 1. The number of nitrogens with zero attached hydrogens (tertiary/aromatic N) is 1. The molecule has 0 saturated heterocycles. The number of hydrogen-bond donors (Lipinski definition) is 1. The van der Waals surface area contributed by atoms with Gasteiger partial charge < -0.3 is 9.88 Å². The number of benzene rings is 1. The van der Waals surface area contributed by atoms with Crippen molar-refractivity contribution in [1.29, 1.82) is 0 Å². The van der Waals surface area contributed by atoms with Gasteiger partial charge in [-0.3, -0.25) is 0 Å². The Bertz CT molecular complexity index is 667. The van der Waals surface area contributed by atoms with Gasteiger partial charge in [-0.25, -0.2) is 0 Å². The minimum atomic E-state index is 1.03. The van der Waals surface area contributed by atoms with Gasteiger partial charge in [0.25, 0.3) is 0 Å². The van der Waals surface area contributed by atoms with Crippen LogP contribution in [0.1, 0.15) is 10.4 Å². The van der Waals surface area contributed by atoms with E-state index in [2.05, 4.69) is 57.9 Å². The molecule has 0 unspecified atom stereocenters. The summed E-state index contributed by atoms with van der Waals surface area (Å²) >= 11 is 1.84. The average Bonchev–Trinajstić information content (AvgIpc) is 3.11. The number of para-hydroxylation sites is 1. The van der Waals surface area contributed by atoms with Crippen LogP contribution in [0.15, 0.2) is 48.0 Å². The van der Waals surface area contributed by atoms with Crippen LogP contribution in [0, 0.1) is 0 Å². The summed E-state index contributed by atoms with van der Waals surface area (Å²) in [6, 6.07) is 13.1. The third kappa shape index (κ3) is 2.79. The summed E-state index contributed by atoms with van der Waals surface area (Å²) in [4.78, 5) is 1.46. The van der Waals surface area contributed by atoms with E-state index >= 15 is 0 Å². The zero-order valence-corrected chi connectivity index (χ0v) is 12.6. The molecule has 0 radical (unpaired) electrons. The van der Waals surface area contributed by atoms with Gasteiger partial charge in [0.05, 0.1) is 0 Å². The molecule has 0 bridgehead atoms. The molecule has 2 heterocycles. The first-order valence-corrected chi connectivity index (χ1v) is 8.00. The lowest BCUT2D eigenvalue weighted by atomic mass is 10.1. The molecule has 2 aromatic heterocycles. The predicted molar refractivity (Wildman–Crippen MR) is 87.6 cm³/mol. The van der Waals surface area contributed by atoms with E-state index in [4.69, 9.17) is 0 Å². The summed E-state index contributed by atoms with van der Waals surface area (Å²) in [6.07, 6.45) is 4.53. The Kier molecular flexibility index (Phi) is 4.19. The molecule has 0 fully saturated rings. The van der Waals surface area contributed by atoms with E-state index in [1.165, 1.54) is 21.3 Å². The molecule has 104 valence electrons. The molecule has 3 rings (SSSR count). The third-order valence-corrected chi connectivity index (χ3v) is 4.63. The highest BCUT2D eigenvalue weighted by Gasteiger charge is 2.07. The molecule has 0 atom stereocenters. The van der Waals surface area contributed by atoms with Gasteiger partial charge in [-0.05, 0) is 49.5 Å². The molecule has 0 saturated carbocycles. The minimum Gasteiger partial charge on any atom is -0.347 e. The molecule has 1 aromatic carbocycles. The van der Waals surface area contributed by atoms with Crippen LogP contribution in [0.25, 0.3) is 10.9 Å². The van der Waals surface area contributed by atoms with E-state index in [1.807, 2.05) is 18.4 Å². The van der Waals surface area contributed by atoms with Crippen LogP contribution in [0.2, 0.25) is 0 Å². The number of likely N-dealkylation sites (N-methyl/N-ethyl adjacent to an activating group) is 1. The first-order chi connectivity index (χ1) is 9.88. The van der Waals surface area contributed by atoms with Gasteiger partial charge in [0, 0.05) is 28.5 Å². The van der Waals surface area contributed by atoms with Gasteiger partial charge in [-0.2, -0.15) is 0 Å². The summed E-state index contributed by atoms with van der Waals surface area (Å²) in [7, 11) is 2.01. The Morgan fingerprint density at radius 1 is 1.10 bits per heavy atom. The van der Waals surface area contributed by atoms with E-state index in [9.17, 15) is 0 Å². The second-order valence-corrected chi connectivity index (χ2v) is 6.08. The van der Waals surface area contributed by atoms with Crippen molar-refractivity contribution in [2.75, 3.05) is 13.6 Å². The number of nitrogens with one attached hydrogen (secondary N) is 1. The molecular formula is C17H20N2S. The fourth-order valence-corrected chi connectivity index (χ4v) is 3.35. The van der Waals surface area contributed by atoms with Crippen molar-refractivity contribution in [1.82, 2.24) is 9.88 Å². The summed E-state index contributed by atoms with van der Waals surface area (Å²) in [5.74, 6) is 0. The van der Waals surface area contributed by atoms with Crippen molar-refractivity contribution in [3.8, 4) is 0 Å². The monoisotopic (exact) mass is 284 g/mol. The Morgan fingerprint density at radius 2 is 2.00 bits per heavy atom. The van der Waals surface area contributed by atoms with Crippen LogP contribution in [0.3, 0.4) is 0 Å². The summed E-state index contributed by atoms with van der Waals surface area (Å²) in [5.41, 5.74) is 2.80. The summed E-state index contributed by atoms with van der Waals surface area (Å²) in [5, 5.41) is 6.79. The fourth-order valence-electron chi connectivity index (χ4n) is 2.65. The van der Waals surface area contributed by atoms with Crippen molar-refractivity contribution in [2.45, 2.75) is 19.4 Å². The molecule has 3 aromatic rings. The van der Waals surface area contributed by atoms with Gasteiger partial charge in [0.15, 0.2) is 0 Å². The van der Waals surface area contributed by atoms with Crippen molar-refractivity contribution >= 4 is 22.2 Å². The average molecular weight is 284 g/mol. The molecular weight excluding hydrogens is 264 g/mol. The maximum atomic E-state index is 3.24. The van der Waals surface area contributed by atoms with Crippen molar-refractivity contribution in [3.63, 3.8) is 0 Å². The number of hydrogen-bond acceptors (Lipinski definition) is 2. The molecule has 0 aliphatic carbocycles. The van der Waals surface area contributed by atoms with E-state index < -0.39 is 0 Å². The predicted octanol–water partition coefficient (Wildman–Crippen LogP) is 3.71. The standard InChI is InChI=1S/C17H20N2S/c1-18-10-8-14-13-19(11-9-15-5-4-12-20-15)17-7-3-2-6-16(14)17/h2-7,12-13,18H,8-11H2,1H3. The molecule has 20 heavy (non-hydrogen) atoms. The molecule has 1 N–H and O–H groups in total. The Balaban J connectivity index is 1.86. The van der Waals surface area contributed by atoms with E-state index in [0.717, 1.165) is 25.9 Å². The normalized spacial score (nSPS) is 11.2. The van der Waals surface area contributed by atoms with Crippen LogP contribution < -0.4 is 5.32 Å². The molecule has 0 amide bonds. The summed E-state index contributed by atoms with van der Waals surface area (Å²) in [6.45, 7) is 2.08. The molecule has 0 aliphatic heterocycles. The lowest BCUT2D eigenvalue weighted by Crippen LogP contribution is -2.10. The Morgan fingerprint density at radius 3 is 2.80 bits per heavy atom. The summed E-state index contributed by atoms with van der Waals surface area (Å²) < 4.78 is 2.40. The number of aryl methyl sites for hydroxylation is 2. The van der Waals surface area contributed by atoms with Gasteiger partial charge in [-0.1, -0.05) is 24.3 Å². The van der Waals surface area contributed by atoms with Gasteiger partial charge in [0.1, 0.15) is 0 Å². The second kappa shape index (κ2) is 6.25. The minimum absolute atomic E-state index is 1.03. The van der Waals surface area contributed by atoms with Crippen LogP contribution in [0.5, 0.6) is 0 Å². The molecule has 3 heteroatoms. The topological polar surface area (TPSA) is 17.0 Å². The SMILES string of the molecule is CNCCc1cn(CCc2cccs2)c2ccccc12. The van der Waals surface area contributed by atoms with Crippen LogP contribution in [-0.4, -0.2) is 18.2 Å². The quantitative estimate of drug-likeness (QED) is 0.730. The maximum Gasteiger partial charge on any atom is 0.0483 e. The van der Waals surface area contributed by atoms with E-state index in [0.29, 0.717) is 0 Å². The lowest BCUT2D eigenvalue weighted by Gasteiger charge is -2.03. The van der Waals surface area contributed by atoms with Crippen LogP contribution >= 0.6 is 11.3 Å². The van der Waals surface area contributed by atoms with Crippen LogP contribution in [-0.2, 0) is 19.4 Å². The highest BCUT2D eigenvalue weighted by Crippen LogP contribution is 2.22. The fraction of sp³-hybridized carbons (Fsp3) is 0.294. The highest BCUT2D eigenvalue weighted by atomic mass is 32.1. The first-order valence-electron chi connectivity index (χ1n) is 7.12. The number of thiophene rings is 1. The smallest absolute Gasteiger partial charge is 0.0483 e. The third-order valence-electron chi connectivity index (χ3n) is 3.69. The van der Waals surface area contributed by atoms with Gasteiger partial charge >= 0.3 is 0 Å². The number of rotatable bonds is 6. The second-order valence-electron chi connectivity index (χ2n) is 5.05. The zero-order valence-electron chi connectivity index (χ0n) is 11.8. The van der Waals surface area contributed by atoms with Crippen molar-refractivity contribution in [3.05, 3.63) is 58.4 Å². The first kappa shape index (κ1) is 13.4. The highest BCUT2D eigenvalue weighted by molar-refractivity contribution is 7.09. The van der Waals surface area contributed by atoms with E-state index in [-0.39, 0.29) is 0 Å². The zero-order chi connectivity index (χ0) is 13.8. The van der Waals surface area contributed by atoms with Crippen molar-refractivity contribution < 1.29 is 0 Å².